The number of nitrogens with one attached hydrogen (secondary N) is 1. The third kappa shape index (κ3) is 5.45. The molecule has 0 atom stereocenters. The summed E-state index contributed by atoms with van der Waals surface area (Å²) in [6, 6.07) is 6.58. The maximum absolute atomic E-state index is 12.3. The second kappa shape index (κ2) is 10.6. The number of hydrogen-bond acceptors (Lipinski definition) is 10. The van der Waals surface area contributed by atoms with Crippen molar-refractivity contribution < 1.29 is 35.6 Å². The number of rotatable bonds is 11. The van der Waals surface area contributed by atoms with Crippen molar-refractivity contribution in [1.29, 1.82) is 0 Å². The van der Waals surface area contributed by atoms with Crippen molar-refractivity contribution in [1.82, 2.24) is 19.7 Å². The molecule has 0 fully saturated rings. The van der Waals surface area contributed by atoms with Crippen LogP contribution in [0.2, 0.25) is 0 Å². The van der Waals surface area contributed by atoms with Crippen LogP contribution in [0.1, 0.15) is 18.1 Å². The number of aromatic nitrogens is 3. The zero-order valence-electron chi connectivity index (χ0n) is 21.1. The lowest BCUT2D eigenvalue weighted by molar-refractivity contribution is 0.374. The van der Waals surface area contributed by atoms with Crippen molar-refractivity contribution in [3.05, 3.63) is 47.8 Å². The van der Waals surface area contributed by atoms with E-state index >= 15 is 0 Å². The molecule has 0 aliphatic rings. The van der Waals surface area contributed by atoms with Crippen molar-refractivity contribution >= 4 is 31.0 Å². The van der Waals surface area contributed by atoms with E-state index in [9.17, 15) is 16.8 Å². The van der Waals surface area contributed by atoms with Gasteiger partial charge in [0.1, 0.15) is 17.2 Å². The number of sulfonamides is 2. The quantitative estimate of drug-likeness (QED) is 0.273. The van der Waals surface area contributed by atoms with Crippen LogP contribution in [0.15, 0.2) is 46.1 Å². The van der Waals surface area contributed by atoms with Crippen LogP contribution >= 0.6 is 0 Å². The summed E-state index contributed by atoms with van der Waals surface area (Å²) in [4.78, 5) is -0.317. The molecule has 13 nitrogen and oxygen atoms in total. The highest BCUT2D eigenvalue weighted by Crippen LogP contribution is 2.44. The third-order valence-electron chi connectivity index (χ3n) is 5.77. The Hall–Kier alpha value is -3.66. The van der Waals surface area contributed by atoms with Gasteiger partial charge in [0.05, 0.1) is 45.2 Å². The van der Waals surface area contributed by atoms with Crippen molar-refractivity contribution in [2.75, 3.05) is 27.1 Å². The first-order valence-electron chi connectivity index (χ1n) is 11.2. The number of nitrogens with two attached hydrogens (primary N) is 1. The van der Waals surface area contributed by atoms with Crippen LogP contribution in [0, 0.1) is 0 Å². The minimum Gasteiger partial charge on any atom is -0.496 e. The number of methoxy groups -OCH3 is 3. The van der Waals surface area contributed by atoms with Gasteiger partial charge in [-0.25, -0.2) is 26.7 Å². The van der Waals surface area contributed by atoms with Crippen molar-refractivity contribution in [2.45, 2.75) is 24.9 Å². The summed E-state index contributed by atoms with van der Waals surface area (Å²) in [7, 11) is -3.40. The topological polar surface area (TPSA) is 178 Å². The predicted octanol–water partition coefficient (Wildman–Crippen LogP) is 1.85. The van der Waals surface area contributed by atoms with Gasteiger partial charge in [-0.05, 0) is 36.8 Å². The van der Waals surface area contributed by atoms with Crippen LogP contribution in [-0.4, -0.2) is 58.9 Å². The molecule has 2 aromatic carbocycles. The van der Waals surface area contributed by atoms with E-state index in [1.807, 2.05) is 0 Å². The van der Waals surface area contributed by atoms with Crippen molar-refractivity contribution in [3.63, 3.8) is 0 Å². The van der Waals surface area contributed by atoms with Crippen LogP contribution in [-0.2, 0) is 33.1 Å². The van der Waals surface area contributed by atoms with Crippen LogP contribution < -0.4 is 24.1 Å². The second-order valence-electron chi connectivity index (χ2n) is 8.20. The molecule has 3 N–H and O–H groups in total. The zero-order chi connectivity index (χ0) is 27.7. The molecule has 0 spiro atoms. The highest BCUT2D eigenvalue weighted by Gasteiger charge is 2.28. The smallest absolute Gasteiger partial charge is 0.245 e. The molecule has 4 aromatic rings. The Labute approximate surface area is 219 Å². The molecule has 0 amide bonds. The molecule has 4 rings (SSSR count). The zero-order valence-corrected chi connectivity index (χ0v) is 22.7. The number of hydrogen-bond donors (Lipinski definition) is 2. The average Bonchev–Trinajstić information content (AvgIpc) is 3.52. The van der Waals surface area contributed by atoms with Gasteiger partial charge in [0, 0.05) is 23.9 Å². The summed E-state index contributed by atoms with van der Waals surface area (Å²) in [5.74, 6) is 0.394. The third-order valence-corrected chi connectivity index (χ3v) is 8.06. The molecule has 15 heteroatoms. The Balaban J connectivity index is 1.72. The van der Waals surface area contributed by atoms with Crippen molar-refractivity contribution in [2.24, 2.45) is 5.14 Å². The average molecular weight is 566 g/mol. The summed E-state index contributed by atoms with van der Waals surface area (Å²) >= 11 is 0. The first-order chi connectivity index (χ1) is 18.0. The Morgan fingerprint density at radius 2 is 1.76 bits per heavy atom. The molecule has 0 unspecified atom stereocenters. The van der Waals surface area contributed by atoms with E-state index in [1.165, 1.54) is 27.4 Å². The lowest BCUT2D eigenvalue weighted by Gasteiger charge is -2.15. The van der Waals surface area contributed by atoms with Gasteiger partial charge in [0.15, 0.2) is 16.2 Å². The molecule has 0 aliphatic heterocycles. The van der Waals surface area contributed by atoms with E-state index in [0.717, 1.165) is 5.56 Å². The maximum Gasteiger partial charge on any atom is 0.245 e. The molecule has 2 aromatic heterocycles. The normalized spacial score (nSPS) is 12.1. The molecular weight excluding hydrogens is 538 g/mol. The van der Waals surface area contributed by atoms with Gasteiger partial charge < -0.3 is 18.7 Å². The Kier molecular flexibility index (Phi) is 7.64. The van der Waals surface area contributed by atoms with Gasteiger partial charge >= 0.3 is 0 Å². The van der Waals surface area contributed by atoms with E-state index in [0.29, 0.717) is 34.4 Å². The molecule has 0 aliphatic carbocycles. The van der Waals surface area contributed by atoms with Crippen LogP contribution in [0.25, 0.3) is 22.2 Å². The van der Waals surface area contributed by atoms with E-state index in [1.54, 1.807) is 42.2 Å². The monoisotopic (exact) mass is 565 g/mol. The lowest BCUT2D eigenvalue weighted by atomic mass is 10.0. The molecule has 0 saturated heterocycles. The van der Waals surface area contributed by atoms with Gasteiger partial charge in [0.25, 0.3) is 0 Å². The lowest BCUT2D eigenvalue weighted by Crippen LogP contribution is -2.24. The molecule has 0 radical (unpaired) electrons. The highest BCUT2D eigenvalue weighted by atomic mass is 32.2. The molecule has 38 heavy (non-hydrogen) atoms. The number of benzene rings is 2. The molecule has 0 bridgehead atoms. The van der Waals surface area contributed by atoms with E-state index in [4.69, 9.17) is 23.9 Å². The second-order valence-corrected chi connectivity index (χ2v) is 11.8. The largest absolute Gasteiger partial charge is 0.496 e. The number of ether oxygens (including phenoxy) is 3. The van der Waals surface area contributed by atoms with Gasteiger partial charge in [-0.2, -0.15) is 5.10 Å². The van der Waals surface area contributed by atoms with Crippen LogP contribution in [0.5, 0.6) is 17.2 Å². The molecule has 0 saturated carbocycles. The molecular formula is C23H27N5O8S2. The SMILES string of the molecule is CCS(=O)(=O)NCc1cnn(Cc2cc(OC)c3c(-c4ccc(OC)c(S(N)(=O)=O)c4OC)noc3c2)c1. The first kappa shape index (κ1) is 27.4. The standard InChI is InChI=1S/C23H27N5O8S2/c1-5-37(29,30)26-11-15-10-25-28(13-15)12-14-8-18(34-3)20-19(9-14)36-27-21(20)16-6-7-17(33-2)23(22(16)35-4)38(24,31)32/h6-10,13,26H,5,11-12H2,1-4H3,(H2,24,31,32). The molecule has 2 heterocycles. The maximum atomic E-state index is 12.3. The van der Waals surface area contributed by atoms with Crippen LogP contribution in [0.3, 0.4) is 0 Å². The van der Waals surface area contributed by atoms with Gasteiger partial charge in [-0.3, -0.25) is 4.68 Å². The summed E-state index contributed by atoms with van der Waals surface area (Å²) < 4.78 is 74.0. The van der Waals surface area contributed by atoms with E-state index in [2.05, 4.69) is 15.0 Å². The van der Waals surface area contributed by atoms with Gasteiger partial charge in [-0.1, -0.05) is 5.16 Å². The minimum atomic E-state index is -4.21. The van der Waals surface area contributed by atoms with E-state index in [-0.39, 0.29) is 34.4 Å². The fourth-order valence-corrected chi connectivity index (χ4v) is 5.43. The number of nitrogens with zero attached hydrogens (tertiary/aromatic N) is 3. The Bertz CT molecular complexity index is 1690. The molecule has 204 valence electrons. The predicted molar refractivity (Wildman–Crippen MR) is 138 cm³/mol. The Morgan fingerprint density at radius 3 is 2.39 bits per heavy atom. The number of primary sulfonamides is 1. The van der Waals surface area contributed by atoms with Crippen LogP contribution in [0.4, 0.5) is 0 Å². The minimum absolute atomic E-state index is 0.00807. The van der Waals surface area contributed by atoms with E-state index < -0.39 is 20.0 Å². The summed E-state index contributed by atoms with van der Waals surface area (Å²) in [5, 5.41) is 14.4. The number of fused-ring (bicyclic) bond motifs is 1. The summed E-state index contributed by atoms with van der Waals surface area (Å²) in [6.45, 7) is 2.03. The van der Waals surface area contributed by atoms with Gasteiger partial charge in [-0.15, -0.1) is 0 Å². The summed E-state index contributed by atoms with van der Waals surface area (Å²) in [5.41, 5.74) is 2.46. The van der Waals surface area contributed by atoms with Gasteiger partial charge in [0.2, 0.25) is 20.0 Å². The van der Waals surface area contributed by atoms with Crippen molar-refractivity contribution in [3.8, 4) is 28.5 Å². The highest BCUT2D eigenvalue weighted by molar-refractivity contribution is 7.89. The fraction of sp³-hybridized carbons (Fsp3) is 0.304. The Morgan fingerprint density at radius 1 is 1.03 bits per heavy atom. The first-order valence-corrected chi connectivity index (χ1v) is 14.4. The fourth-order valence-electron chi connectivity index (χ4n) is 3.96. The summed E-state index contributed by atoms with van der Waals surface area (Å²) in [6.07, 6.45) is 3.32.